The van der Waals surface area contributed by atoms with Crippen LogP contribution in [0.4, 0.5) is 0 Å². The monoisotopic (exact) mass is 613 g/mol. The number of hydrogen-bond acceptors (Lipinski definition) is 2. The van der Waals surface area contributed by atoms with Crippen molar-refractivity contribution in [3.05, 3.63) is 48.6 Å². The molecule has 0 fully saturated rings. The van der Waals surface area contributed by atoms with Gasteiger partial charge in [-0.2, -0.15) is 0 Å². The summed E-state index contributed by atoms with van der Waals surface area (Å²) in [4.78, 5) is 2.31. The van der Waals surface area contributed by atoms with Gasteiger partial charge in [0.1, 0.15) is 0 Å². The number of unbranched alkanes of at least 4 members (excludes halogenated alkanes) is 18. The third-order valence-corrected chi connectivity index (χ3v) is 8.72. The van der Waals surface area contributed by atoms with Gasteiger partial charge in [0.05, 0.1) is 0 Å². The highest BCUT2D eigenvalue weighted by molar-refractivity contribution is 4.93. The van der Waals surface area contributed by atoms with E-state index in [4.69, 9.17) is 0 Å². The minimum Gasteiger partial charge on any atom is -0.314 e. The van der Waals surface area contributed by atoms with Gasteiger partial charge in [-0.25, -0.2) is 0 Å². The molecule has 0 amide bonds. The first kappa shape index (κ1) is 42.9. The summed E-state index contributed by atoms with van der Waals surface area (Å²) in [6, 6.07) is 0.730. The lowest BCUT2D eigenvalue weighted by Crippen LogP contribution is -2.31. The van der Waals surface area contributed by atoms with Crippen LogP contribution in [0.2, 0.25) is 0 Å². The molecule has 0 heterocycles. The Hall–Kier alpha value is -1.12. The molecule has 0 rings (SSSR count). The van der Waals surface area contributed by atoms with Crippen molar-refractivity contribution in [3.63, 3.8) is 0 Å². The summed E-state index contributed by atoms with van der Waals surface area (Å²) in [5.74, 6) is 0. The topological polar surface area (TPSA) is 15.3 Å². The maximum absolute atomic E-state index is 3.93. The van der Waals surface area contributed by atoms with Gasteiger partial charge in [0.2, 0.25) is 0 Å². The van der Waals surface area contributed by atoms with E-state index >= 15 is 0 Å². The molecule has 0 aromatic heterocycles. The molecular formula is C42H80N2. The van der Waals surface area contributed by atoms with Crippen LogP contribution in [-0.4, -0.2) is 38.1 Å². The van der Waals surface area contributed by atoms with Crippen molar-refractivity contribution in [3.8, 4) is 0 Å². The summed E-state index contributed by atoms with van der Waals surface area (Å²) in [6.07, 6.45) is 55.1. The van der Waals surface area contributed by atoms with Crippen LogP contribution in [0.5, 0.6) is 0 Å². The van der Waals surface area contributed by atoms with E-state index in [1.54, 1.807) is 0 Å². The van der Waals surface area contributed by atoms with Crippen LogP contribution in [0, 0.1) is 0 Å². The summed E-state index contributed by atoms with van der Waals surface area (Å²) in [7, 11) is 4.37. The quantitative estimate of drug-likeness (QED) is 0.0566. The van der Waals surface area contributed by atoms with Crippen LogP contribution in [-0.2, 0) is 0 Å². The third-order valence-electron chi connectivity index (χ3n) is 8.72. The fraction of sp³-hybridized carbons (Fsp3) is 0.810. The molecule has 2 nitrogen and oxygen atoms in total. The van der Waals surface area contributed by atoms with Crippen molar-refractivity contribution in [2.24, 2.45) is 0 Å². The number of nitrogens with one attached hydrogen (secondary N) is 1. The highest BCUT2D eigenvalue weighted by atomic mass is 15.1. The minimum atomic E-state index is 0.730. The zero-order chi connectivity index (χ0) is 32.0. The lowest BCUT2D eigenvalue weighted by molar-refractivity contribution is 0.368. The van der Waals surface area contributed by atoms with Crippen LogP contribution >= 0.6 is 0 Å². The molecule has 0 bridgehead atoms. The summed E-state index contributed by atoms with van der Waals surface area (Å²) < 4.78 is 0. The largest absolute Gasteiger partial charge is 0.314 e. The van der Waals surface area contributed by atoms with E-state index in [0.717, 1.165) is 18.9 Å². The van der Waals surface area contributed by atoms with Crippen molar-refractivity contribution >= 4 is 0 Å². The van der Waals surface area contributed by atoms with Gasteiger partial charge in [0, 0.05) is 6.04 Å². The SMILES string of the molecule is CCCCCC=CCC=CCCCCCCCCC(CCCCCCCCC=CCC=CCCCCC)NCCCN(C)C. The minimum absolute atomic E-state index is 0.730. The van der Waals surface area contributed by atoms with E-state index in [1.807, 2.05) is 0 Å². The summed E-state index contributed by atoms with van der Waals surface area (Å²) in [5, 5.41) is 3.93. The first-order chi connectivity index (χ1) is 21.7. The van der Waals surface area contributed by atoms with E-state index < -0.39 is 0 Å². The molecule has 258 valence electrons. The maximum atomic E-state index is 3.93. The van der Waals surface area contributed by atoms with Crippen molar-refractivity contribution in [2.75, 3.05) is 27.2 Å². The standard InChI is InChI=1S/C42H80N2/c1-5-7-9-11-13-15-17-19-21-23-25-27-29-31-33-35-38-42(43-40-37-41-44(3)4)39-36-34-32-30-28-26-24-22-20-18-16-14-12-10-8-6-2/h13-16,19-22,42-43H,5-12,17-18,23-41H2,1-4H3. The first-order valence-corrected chi connectivity index (χ1v) is 19.7. The van der Waals surface area contributed by atoms with Crippen LogP contribution in [0.3, 0.4) is 0 Å². The maximum Gasteiger partial charge on any atom is 0.00670 e. The molecule has 44 heavy (non-hydrogen) atoms. The predicted molar refractivity (Wildman–Crippen MR) is 203 cm³/mol. The lowest BCUT2D eigenvalue weighted by atomic mass is 9.99. The van der Waals surface area contributed by atoms with Crippen LogP contribution in [0.25, 0.3) is 0 Å². The van der Waals surface area contributed by atoms with Crippen molar-refractivity contribution in [1.82, 2.24) is 10.2 Å². The van der Waals surface area contributed by atoms with Crippen LogP contribution < -0.4 is 5.32 Å². The molecule has 0 aliphatic heterocycles. The average Bonchev–Trinajstić information content (AvgIpc) is 3.02. The normalized spacial score (nSPS) is 13.2. The van der Waals surface area contributed by atoms with Gasteiger partial charge in [-0.05, 0) is 111 Å². The molecule has 0 aromatic rings. The van der Waals surface area contributed by atoms with Crippen LogP contribution in [0.1, 0.15) is 187 Å². The Morgan fingerprint density at radius 2 is 0.795 bits per heavy atom. The Labute approximate surface area is 278 Å². The Kier molecular flexibility index (Phi) is 37.1. The fourth-order valence-corrected chi connectivity index (χ4v) is 5.81. The van der Waals surface area contributed by atoms with E-state index in [-0.39, 0.29) is 0 Å². The Bertz CT molecular complexity index is 596. The number of rotatable bonds is 35. The number of nitrogens with zero attached hydrogens (tertiary/aromatic N) is 1. The van der Waals surface area contributed by atoms with Gasteiger partial charge >= 0.3 is 0 Å². The molecular weight excluding hydrogens is 532 g/mol. The average molecular weight is 613 g/mol. The Morgan fingerprint density at radius 1 is 0.432 bits per heavy atom. The number of hydrogen-bond donors (Lipinski definition) is 1. The van der Waals surface area contributed by atoms with Crippen molar-refractivity contribution in [1.29, 1.82) is 0 Å². The Morgan fingerprint density at radius 3 is 1.18 bits per heavy atom. The van der Waals surface area contributed by atoms with Gasteiger partial charge < -0.3 is 10.2 Å². The molecule has 0 radical (unpaired) electrons. The van der Waals surface area contributed by atoms with Gasteiger partial charge in [0.25, 0.3) is 0 Å². The van der Waals surface area contributed by atoms with Crippen molar-refractivity contribution < 1.29 is 0 Å². The molecule has 0 aliphatic rings. The van der Waals surface area contributed by atoms with E-state index in [1.165, 1.54) is 174 Å². The summed E-state index contributed by atoms with van der Waals surface area (Å²) in [6.45, 7) is 6.91. The van der Waals surface area contributed by atoms with E-state index in [2.05, 4.69) is 86.8 Å². The summed E-state index contributed by atoms with van der Waals surface area (Å²) in [5.41, 5.74) is 0. The molecule has 0 aliphatic carbocycles. The fourth-order valence-electron chi connectivity index (χ4n) is 5.81. The second-order valence-electron chi connectivity index (χ2n) is 13.6. The molecule has 0 saturated carbocycles. The predicted octanol–water partition coefficient (Wildman–Crippen LogP) is 13.3. The zero-order valence-corrected chi connectivity index (χ0v) is 30.6. The highest BCUT2D eigenvalue weighted by Gasteiger charge is 2.08. The zero-order valence-electron chi connectivity index (χ0n) is 30.6. The molecule has 2 heteroatoms. The molecule has 0 atom stereocenters. The van der Waals surface area contributed by atoms with Gasteiger partial charge in [0.15, 0.2) is 0 Å². The van der Waals surface area contributed by atoms with E-state index in [9.17, 15) is 0 Å². The third kappa shape index (κ3) is 37.1. The molecule has 0 unspecified atom stereocenters. The van der Waals surface area contributed by atoms with Gasteiger partial charge in [-0.1, -0.05) is 152 Å². The number of allylic oxidation sites excluding steroid dienone is 8. The molecule has 0 spiro atoms. The molecule has 0 aromatic carbocycles. The highest BCUT2D eigenvalue weighted by Crippen LogP contribution is 2.15. The molecule has 1 N–H and O–H groups in total. The van der Waals surface area contributed by atoms with Crippen molar-refractivity contribution in [2.45, 2.75) is 193 Å². The van der Waals surface area contributed by atoms with Gasteiger partial charge in [-0.3, -0.25) is 0 Å². The second-order valence-corrected chi connectivity index (χ2v) is 13.6. The lowest BCUT2D eigenvalue weighted by Gasteiger charge is -2.20. The smallest absolute Gasteiger partial charge is 0.00670 e. The summed E-state index contributed by atoms with van der Waals surface area (Å²) >= 11 is 0. The van der Waals surface area contributed by atoms with E-state index in [0.29, 0.717) is 0 Å². The van der Waals surface area contributed by atoms with Gasteiger partial charge in [-0.15, -0.1) is 0 Å². The second kappa shape index (κ2) is 38.1. The first-order valence-electron chi connectivity index (χ1n) is 19.7. The van der Waals surface area contributed by atoms with Crippen LogP contribution in [0.15, 0.2) is 48.6 Å². The molecule has 0 saturated heterocycles. The Balaban J connectivity index is 3.83.